The van der Waals surface area contributed by atoms with E-state index in [9.17, 15) is 9.90 Å². The van der Waals surface area contributed by atoms with E-state index in [1.807, 2.05) is 6.92 Å². The van der Waals surface area contributed by atoms with E-state index in [1.165, 1.54) is 13.5 Å². The molecule has 0 saturated heterocycles. The molecule has 3 heteroatoms. The molecular formula is C16H30O3. The van der Waals surface area contributed by atoms with Gasteiger partial charge in [-0.2, -0.15) is 0 Å². The second kappa shape index (κ2) is 6.25. The normalized spacial score (nSPS) is 31.8. The van der Waals surface area contributed by atoms with Crippen LogP contribution in [0.4, 0.5) is 0 Å². The number of methoxy groups -OCH3 is 1. The molecule has 0 heterocycles. The molecule has 1 aliphatic carbocycles. The van der Waals surface area contributed by atoms with Gasteiger partial charge in [0, 0.05) is 6.42 Å². The van der Waals surface area contributed by atoms with E-state index in [4.69, 9.17) is 4.74 Å². The molecule has 3 atom stereocenters. The second-order valence-electron chi connectivity index (χ2n) is 7.21. The molecule has 3 unspecified atom stereocenters. The number of hydrogen-bond donors (Lipinski definition) is 1. The third-order valence-corrected chi connectivity index (χ3v) is 4.89. The number of esters is 1. The molecule has 0 aliphatic heterocycles. The SMILES string of the molecule is COC(=O)CC(C)CCC1C(C)(C)CCCC1(C)O. The van der Waals surface area contributed by atoms with Crippen LogP contribution in [0.15, 0.2) is 0 Å². The first-order valence-electron chi connectivity index (χ1n) is 7.48. The zero-order valence-electron chi connectivity index (χ0n) is 13.2. The van der Waals surface area contributed by atoms with Gasteiger partial charge in [-0.3, -0.25) is 4.79 Å². The zero-order chi connectivity index (χ0) is 14.7. The number of rotatable bonds is 5. The molecule has 1 rings (SSSR count). The number of carbonyl (C=O) groups excluding carboxylic acids is 1. The van der Waals surface area contributed by atoms with Crippen LogP contribution in [0.5, 0.6) is 0 Å². The standard InChI is InChI=1S/C16H30O3/c1-12(11-14(17)19-5)7-8-13-15(2,3)9-6-10-16(13,4)18/h12-13,18H,6-11H2,1-5H3. The smallest absolute Gasteiger partial charge is 0.305 e. The first-order valence-corrected chi connectivity index (χ1v) is 7.48. The summed E-state index contributed by atoms with van der Waals surface area (Å²) in [6.07, 6.45) is 5.61. The topological polar surface area (TPSA) is 46.5 Å². The number of aliphatic hydroxyl groups is 1. The van der Waals surface area contributed by atoms with Crippen LogP contribution < -0.4 is 0 Å². The molecule has 0 bridgehead atoms. The van der Waals surface area contributed by atoms with Crippen molar-refractivity contribution in [3.63, 3.8) is 0 Å². The van der Waals surface area contributed by atoms with Gasteiger partial charge < -0.3 is 9.84 Å². The fraction of sp³-hybridized carbons (Fsp3) is 0.938. The average Bonchev–Trinajstić information content (AvgIpc) is 2.26. The molecule has 0 aromatic rings. The van der Waals surface area contributed by atoms with Gasteiger partial charge in [-0.15, -0.1) is 0 Å². The van der Waals surface area contributed by atoms with Crippen LogP contribution in [0, 0.1) is 17.3 Å². The lowest BCUT2D eigenvalue weighted by atomic mass is 9.60. The van der Waals surface area contributed by atoms with Crippen LogP contribution in [0.1, 0.15) is 66.2 Å². The van der Waals surface area contributed by atoms with E-state index in [0.29, 0.717) is 18.3 Å². The lowest BCUT2D eigenvalue weighted by molar-refractivity contribution is -0.141. The molecule has 0 aromatic heterocycles. The predicted octanol–water partition coefficient (Wildman–Crippen LogP) is 3.54. The van der Waals surface area contributed by atoms with Crippen LogP contribution in [0.2, 0.25) is 0 Å². The molecule has 1 saturated carbocycles. The van der Waals surface area contributed by atoms with Gasteiger partial charge in [0.1, 0.15) is 0 Å². The average molecular weight is 270 g/mol. The zero-order valence-corrected chi connectivity index (χ0v) is 13.2. The second-order valence-corrected chi connectivity index (χ2v) is 7.21. The number of ether oxygens (including phenoxy) is 1. The Bertz CT molecular complexity index is 291. The largest absolute Gasteiger partial charge is 0.469 e. The molecule has 0 spiro atoms. The van der Waals surface area contributed by atoms with E-state index in [-0.39, 0.29) is 11.4 Å². The first kappa shape index (κ1) is 16.5. The Balaban J connectivity index is 2.55. The molecule has 3 nitrogen and oxygen atoms in total. The van der Waals surface area contributed by atoms with E-state index >= 15 is 0 Å². The Kier molecular flexibility index (Phi) is 5.43. The van der Waals surface area contributed by atoms with Crippen LogP contribution in [-0.4, -0.2) is 23.8 Å². The summed E-state index contributed by atoms with van der Waals surface area (Å²) in [5.74, 6) is 0.497. The van der Waals surface area contributed by atoms with Crippen molar-refractivity contribution in [2.45, 2.75) is 71.8 Å². The van der Waals surface area contributed by atoms with E-state index in [1.54, 1.807) is 0 Å². The van der Waals surface area contributed by atoms with Gasteiger partial charge in [-0.1, -0.05) is 27.2 Å². The molecule has 1 N–H and O–H groups in total. The highest BCUT2D eigenvalue weighted by Gasteiger charge is 2.44. The minimum Gasteiger partial charge on any atom is -0.469 e. The summed E-state index contributed by atoms with van der Waals surface area (Å²) in [4.78, 5) is 11.3. The third-order valence-electron chi connectivity index (χ3n) is 4.89. The lowest BCUT2D eigenvalue weighted by Gasteiger charge is -2.48. The van der Waals surface area contributed by atoms with E-state index < -0.39 is 5.60 Å². The van der Waals surface area contributed by atoms with Crippen molar-refractivity contribution in [1.29, 1.82) is 0 Å². The van der Waals surface area contributed by atoms with Crippen molar-refractivity contribution in [1.82, 2.24) is 0 Å². The summed E-state index contributed by atoms with van der Waals surface area (Å²) in [6, 6.07) is 0. The highest BCUT2D eigenvalue weighted by atomic mass is 16.5. The quantitative estimate of drug-likeness (QED) is 0.777. The van der Waals surface area contributed by atoms with Gasteiger partial charge in [0.25, 0.3) is 0 Å². The number of hydrogen-bond acceptors (Lipinski definition) is 3. The van der Waals surface area contributed by atoms with Crippen molar-refractivity contribution in [2.24, 2.45) is 17.3 Å². The summed E-state index contributed by atoms with van der Waals surface area (Å²) in [5.41, 5.74) is -0.376. The van der Waals surface area contributed by atoms with Crippen molar-refractivity contribution in [3.8, 4) is 0 Å². The van der Waals surface area contributed by atoms with Crippen LogP contribution in [-0.2, 0) is 9.53 Å². The summed E-state index contributed by atoms with van der Waals surface area (Å²) >= 11 is 0. The molecule has 1 aliphatic rings. The Hall–Kier alpha value is -0.570. The molecule has 0 aromatic carbocycles. The predicted molar refractivity (Wildman–Crippen MR) is 76.8 cm³/mol. The minimum atomic E-state index is -0.563. The molecule has 112 valence electrons. The van der Waals surface area contributed by atoms with E-state index in [0.717, 1.165) is 25.7 Å². The monoisotopic (exact) mass is 270 g/mol. The maximum absolute atomic E-state index is 11.3. The molecule has 19 heavy (non-hydrogen) atoms. The third kappa shape index (κ3) is 4.48. The van der Waals surface area contributed by atoms with E-state index in [2.05, 4.69) is 20.8 Å². The molecular weight excluding hydrogens is 240 g/mol. The summed E-state index contributed by atoms with van der Waals surface area (Å²) in [7, 11) is 1.43. The Morgan fingerprint density at radius 2 is 2.00 bits per heavy atom. The summed E-state index contributed by atoms with van der Waals surface area (Å²) < 4.78 is 4.71. The van der Waals surface area contributed by atoms with Crippen LogP contribution in [0.25, 0.3) is 0 Å². The van der Waals surface area contributed by atoms with Crippen LogP contribution in [0.3, 0.4) is 0 Å². The van der Waals surface area contributed by atoms with Gasteiger partial charge in [0.05, 0.1) is 12.7 Å². The highest BCUT2D eigenvalue weighted by molar-refractivity contribution is 5.69. The van der Waals surface area contributed by atoms with Gasteiger partial charge >= 0.3 is 5.97 Å². The van der Waals surface area contributed by atoms with Gasteiger partial charge in [0.2, 0.25) is 0 Å². The Morgan fingerprint density at radius 3 is 2.53 bits per heavy atom. The van der Waals surface area contributed by atoms with Crippen molar-refractivity contribution in [3.05, 3.63) is 0 Å². The highest BCUT2D eigenvalue weighted by Crippen LogP contribution is 2.48. The lowest BCUT2D eigenvalue weighted by Crippen LogP contribution is -2.47. The van der Waals surface area contributed by atoms with Crippen molar-refractivity contribution >= 4 is 5.97 Å². The maximum atomic E-state index is 11.3. The molecule has 0 amide bonds. The summed E-state index contributed by atoms with van der Waals surface area (Å²) in [6.45, 7) is 8.58. The first-order chi connectivity index (χ1) is 8.69. The Morgan fingerprint density at radius 1 is 1.37 bits per heavy atom. The molecule has 0 radical (unpaired) electrons. The van der Waals surface area contributed by atoms with Gasteiger partial charge in [-0.05, 0) is 49.9 Å². The van der Waals surface area contributed by atoms with Crippen molar-refractivity contribution < 1.29 is 14.6 Å². The van der Waals surface area contributed by atoms with Gasteiger partial charge in [0.15, 0.2) is 0 Å². The number of carbonyl (C=O) groups is 1. The summed E-state index contributed by atoms with van der Waals surface area (Å²) in [5, 5.41) is 10.6. The minimum absolute atomic E-state index is 0.137. The fourth-order valence-electron chi connectivity index (χ4n) is 3.71. The Labute approximate surface area is 117 Å². The molecule has 1 fully saturated rings. The van der Waals surface area contributed by atoms with Gasteiger partial charge in [-0.25, -0.2) is 0 Å². The fourth-order valence-corrected chi connectivity index (χ4v) is 3.71. The maximum Gasteiger partial charge on any atom is 0.305 e. The van der Waals surface area contributed by atoms with Crippen LogP contribution >= 0.6 is 0 Å². The van der Waals surface area contributed by atoms with Crippen molar-refractivity contribution in [2.75, 3.05) is 7.11 Å².